The molecule has 3 heteroatoms. The number of H-pyrrole nitrogens is 1. The standard InChI is InChI=1S/C10H9N.C5H5NO/c11-10-6-5-8-3-1-2-4-9(8)7-10;7-5-3-1-2-4-6-5/h1-7H,11H2;1-4H,(H,6,7). The molecule has 0 spiro atoms. The van der Waals surface area contributed by atoms with Crippen LogP contribution in [-0.4, -0.2) is 4.98 Å². The number of fused-ring (bicyclic) bond motifs is 1. The van der Waals surface area contributed by atoms with Crippen molar-refractivity contribution in [2.45, 2.75) is 0 Å². The number of nitrogen functional groups attached to an aromatic ring is 1. The molecular formula is C15H14N2O. The Labute approximate surface area is 105 Å². The zero-order chi connectivity index (χ0) is 12.8. The topological polar surface area (TPSA) is 58.9 Å². The Morgan fingerprint density at radius 2 is 1.56 bits per heavy atom. The van der Waals surface area contributed by atoms with Gasteiger partial charge in [0.05, 0.1) is 0 Å². The maximum Gasteiger partial charge on any atom is 0.247 e. The van der Waals surface area contributed by atoms with Crippen LogP contribution in [0.25, 0.3) is 10.8 Å². The van der Waals surface area contributed by atoms with E-state index in [4.69, 9.17) is 5.73 Å². The first-order chi connectivity index (χ1) is 8.75. The molecule has 3 aromatic rings. The number of anilines is 1. The van der Waals surface area contributed by atoms with E-state index in [9.17, 15) is 4.79 Å². The van der Waals surface area contributed by atoms with E-state index in [0.29, 0.717) is 0 Å². The number of hydrogen-bond acceptors (Lipinski definition) is 2. The first kappa shape index (κ1) is 11.9. The monoisotopic (exact) mass is 238 g/mol. The van der Waals surface area contributed by atoms with Gasteiger partial charge in [-0.05, 0) is 29.0 Å². The summed E-state index contributed by atoms with van der Waals surface area (Å²) in [5, 5.41) is 2.44. The molecule has 18 heavy (non-hydrogen) atoms. The second kappa shape index (κ2) is 5.68. The first-order valence-electron chi connectivity index (χ1n) is 5.64. The summed E-state index contributed by atoms with van der Waals surface area (Å²) in [5.41, 5.74) is 6.39. The van der Waals surface area contributed by atoms with Gasteiger partial charge in [-0.3, -0.25) is 4.79 Å². The fraction of sp³-hybridized carbons (Fsp3) is 0. The molecule has 0 amide bonds. The summed E-state index contributed by atoms with van der Waals surface area (Å²) in [7, 11) is 0. The summed E-state index contributed by atoms with van der Waals surface area (Å²) in [4.78, 5) is 12.7. The Hall–Kier alpha value is -2.55. The number of nitrogens with one attached hydrogen (secondary N) is 1. The van der Waals surface area contributed by atoms with E-state index in [-0.39, 0.29) is 5.56 Å². The van der Waals surface area contributed by atoms with Gasteiger partial charge in [0.2, 0.25) is 5.56 Å². The van der Waals surface area contributed by atoms with Crippen molar-refractivity contribution in [1.82, 2.24) is 4.98 Å². The Morgan fingerprint density at radius 3 is 2.17 bits per heavy atom. The molecule has 3 nitrogen and oxygen atoms in total. The van der Waals surface area contributed by atoms with Crippen LogP contribution in [0.15, 0.2) is 71.7 Å². The molecule has 1 heterocycles. The summed E-state index contributed by atoms with van der Waals surface area (Å²) in [6, 6.07) is 19.0. The summed E-state index contributed by atoms with van der Waals surface area (Å²) in [6.07, 6.45) is 1.60. The SMILES string of the molecule is Nc1ccc2ccccc2c1.O=c1cccc[nH]1. The highest BCUT2D eigenvalue weighted by Crippen LogP contribution is 2.15. The van der Waals surface area contributed by atoms with Gasteiger partial charge in [-0.1, -0.05) is 36.4 Å². The van der Waals surface area contributed by atoms with Gasteiger partial charge in [-0.15, -0.1) is 0 Å². The van der Waals surface area contributed by atoms with Crippen molar-refractivity contribution in [3.63, 3.8) is 0 Å². The van der Waals surface area contributed by atoms with Crippen molar-refractivity contribution < 1.29 is 0 Å². The number of hydrogen-bond donors (Lipinski definition) is 2. The van der Waals surface area contributed by atoms with Crippen molar-refractivity contribution >= 4 is 16.5 Å². The second-order valence-electron chi connectivity index (χ2n) is 3.83. The van der Waals surface area contributed by atoms with Gasteiger partial charge >= 0.3 is 0 Å². The van der Waals surface area contributed by atoms with Gasteiger partial charge in [0.1, 0.15) is 0 Å². The maximum absolute atomic E-state index is 10.2. The van der Waals surface area contributed by atoms with E-state index in [2.05, 4.69) is 17.1 Å². The zero-order valence-corrected chi connectivity index (χ0v) is 9.84. The maximum atomic E-state index is 10.2. The number of rotatable bonds is 0. The lowest BCUT2D eigenvalue weighted by Gasteiger charge is -1.96. The van der Waals surface area contributed by atoms with Gasteiger partial charge in [-0.2, -0.15) is 0 Å². The fourth-order valence-electron chi connectivity index (χ4n) is 1.58. The van der Waals surface area contributed by atoms with Crippen LogP contribution in [-0.2, 0) is 0 Å². The van der Waals surface area contributed by atoms with Crippen molar-refractivity contribution in [3.8, 4) is 0 Å². The lowest BCUT2D eigenvalue weighted by atomic mass is 10.1. The van der Waals surface area contributed by atoms with Crippen LogP contribution in [0.2, 0.25) is 0 Å². The highest BCUT2D eigenvalue weighted by Gasteiger charge is 1.89. The molecule has 0 aliphatic heterocycles. The van der Waals surface area contributed by atoms with Crippen LogP contribution < -0.4 is 11.3 Å². The minimum absolute atomic E-state index is 0.0532. The van der Waals surface area contributed by atoms with Gasteiger partial charge in [0, 0.05) is 18.0 Å². The van der Waals surface area contributed by atoms with Crippen molar-refractivity contribution in [1.29, 1.82) is 0 Å². The Bertz CT molecular complexity index is 671. The zero-order valence-electron chi connectivity index (χ0n) is 9.84. The Morgan fingerprint density at radius 1 is 0.833 bits per heavy atom. The third kappa shape index (κ3) is 3.22. The van der Waals surface area contributed by atoms with E-state index >= 15 is 0 Å². The molecule has 0 aliphatic rings. The molecule has 0 bridgehead atoms. The number of aromatic nitrogens is 1. The molecule has 3 rings (SSSR count). The molecular weight excluding hydrogens is 224 g/mol. The van der Waals surface area contributed by atoms with Gasteiger partial charge < -0.3 is 10.7 Å². The molecule has 2 aromatic carbocycles. The number of nitrogens with two attached hydrogens (primary N) is 1. The molecule has 0 unspecified atom stereocenters. The number of benzene rings is 2. The molecule has 0 fully saturated rings. The number of aromatic amines is 1. The van der Waals surface area contributed by atoms with Crippen molar-refractivity contribution in [3.05, 3.63) is 77.2 Å². The average molecular weight is 238 g/mol. The molecule has 0 radical (unpaired) electrons. The fourth-order valence-corrected chi connectivity index (χ4v) is 1.58. The molecule has 0 atom stereocenters. The predicted molar refractivity (Wildman–Crippen MR) is 75.4 cm³/mol. The highest BCUT2D eigenvalue weighted by atomic mass is 16.1. The van der Waals surface area contributed by atoms with Crippen molar-refractivity contribution in [2.24, 2.45) is 0 Å². The smallest absolute Gasteiger partial charge is 0.247 e. The van der Waals surface area contributed by atoms with Crippen molar-refractivity contribution in [2.75, 3.05) is 5.73 Å². The highest BCUT2D eigenvalue weighted by molar-refractivity contribution is 5.85. The first-order valence-corrected chi connectivity index (χ1v) is 5.64. The molecule has 1 aromatic heterocycles. The largest absolute Gasteiger partial charge is 0.399 e. The summed E-state index contributed by atoms with van der Waals surface area (Å²) in [5.74, 6) is 0. The normalized spacial score (nSPS) is 9.56. The molecule has 90 valence electrons. The minimum atomic E-state index is -0.0532. The van der Waals surface area contributed by atoms with E-state index in [1.54, 1.807) is 18.3 Å². The van der Waals surface area contributed by atoms with Crippen LogP contribution in [0.3, 0.4) is 0 Å². The van der Waals surface area contributed by atoms with Crippen LogP contribution in [0.1, 0.15) is 0 Å². The second-order valence-corrected chi connectivity index (χ2v) is 3.83. The van der Waals surface area contributed by atoms with E-state index in [1.165, 1.54) is 16.8 Å². The molecule has 0 saturated carbocycles. The third-order valence-electron chi connectivity index (χ3n) is 2.45. The lowest BCUT2D eigenvalue weighted by Crippen LogP contribution is -1.98. The average Bonchev–Trinajstić information content (AvgIpc) is 2.40. The summed E-state index contributed by atoms with van der Waals surface area (Å²) < 4.78 is 0. The van der Waals surface area contributed by atoms with Crippen LogP contribution in [0.4, 0.5) is 5.69 Å². The summed E-state index contributed by atoms with van der Waals surface area (Å²) >= 11 is 0. The summed E-state index contributed by atoms with van der Waals surface area (Å²) in [6.45, 7) is 0. The minimum Gasteiger partial charge on any atom is -0.399 e. The van der Waals surface area contributed by atoms with E-state index in [1.807, 2.05) is 30.3 Å². The van der Waals surface area contributed by atoms with Crippen LogP contribution in [0, 0.1) is 0 Å². The van der Waals surface area contributed by atoms with E-state index < -0.39 is 0 Å². The van der Waals surface area contributed by atoms with Crippen LogP contribution >= 0.6 is 0 Å². The van der Waals surface area contributed by atoms with Gasteiger partial charge in [0.15, 0.2) is 0 Å². The van der Waals surface area contributed by atoms with Gasteiger partial charge in [-0.25, -0.2) is 0 Å². The van der Waals surface area contributed by atoms with Gasteiger partial charge in [0.25, 0.3) is 0 Å². The third-order valence-corrected chi connectivity index (χ3v) is 2.45. The molecule has 0 aliphatic carbocycles. The molecule has 3 N–H and O–H groups in total. The van der Waals surface area contributed by atoms with E-state index in [0.717, 1.165) is 5.69 Å². The lowest BCUT2D eigenvalue weighted by molar-refractivity contribution is 1.24. The Balaban J connectivity index is 0.000000149. The number of pyridine rings is 1. The Kier molecular flexibility index (Phi) is 3.76. The van der Waals surface area contributed by atoms with Crippen LogP contribution in [0.5, 0.6) is 0 Å². The predicted octanol–water partition coefficient (Wildman–Crippen LogP) is 2.80. The molecule has 0 saturated heterocycles. The quantitative estimate of drug-likeness (QED) is 0.592.